The second-order valence-corrected chi connectivity index (χ2v) is 6.20. The normalized spacial score (nSPS) is 33.4. The zero-order valence-electron chi connectivity index (χ0n) is 10.6. The van der Waals surface area contributed by atoms with Gasteiger partial charge in [-0.15, -0.1) is 0 Å². The van der Waals surface area contributed by atoms with Crippen molar-refractivity contribution in [3.63, 3.8) is 0 Å². The van der Waals surface area contributed by atoms with Gasteiger partial charge in [0.2, 0.25) is 0 Å². The minimum Gasteiger partial charge on any atom is -0.378 e. The first-order chi connectivity index (χ1) is 7.78. The van der Waals surface area contributed by atoms with E-state index >= 15 is 0 Å². The quantitative estimate of drug-likeness (QED) is 0.715. The molecule has 2 saturated carbocycles. The summed E-state index contributed by atoms with van der Waals surface area (Å²) in [5.41, 5.74) is 0.447. The van der Waals surface area contributed by atoms with Gasteiger partial charge in [-0.1, -0.05) is 32.6 Å². The summed E-state index contributed by atoms with van der Waals surface area (Å²) in [7, 11) is 0. The molecule has 1 nitrogen and oxygen atoms in total. The molecule has 2 aliphatic rings. The van der Waals surface area contributed by atoms with E-state index in [9.17, 15) is 0 Å². The summed E-state index contributed by atoms with van der Waals surface area (Å²) in [6.07, 6.45) is 11.3. The van der Waals surface area contributed by atoms with Crippen LogP contribution < -0.4 is 0 Å². The Morgan fingerprint density at radius 2 is 2.06 bits per heavy atom. The molecule has 2 fully saturated rings. The molecule has 0 spiro atoms. The van der Waals surface area contributed by atoms with Crippen LogP contribution >= 0.6 is 12.6 Å². The van der Waals surface area contributed by atoms with Crippen LogP contribution in [0.4, 0.5) is 0 Å². The zero-order chi connectivity index (χ0) is 11.4. The van der Waals surface area contributed by atoms with Crippen molar-refractivity contribution in [2.75, 3.05) is 12.4 Å². The van der Waals surface area contributed by atoms with E-state index in [0.717, 1.165) is 18.3 Å². The molecule has 0 aromatic rings. The van der Waals surface area contributed by atoms with Gasteiger partial charge in [0, 0.05) is 5.41 Å². The van der Waals surface area contributed by atoms with Crippen LogP contribution in [0.25, 0.3) is 0 Å². The second kappa shape index (κ2) is 5.77. The summed E-state index contributed by atoms with van der Waals surface area (Å²) in [6.45, 7) is 3.28. The maximum Gasteiger partial charge on any atom is 0.0578 e. The fourth-order valence-electron chi connectivity index (χ4n) is 3.08. The van der Waals surface area contributed by atoms with E-state index in [0.29, 0.717) is 11.5 Å². The lowest BCUT2D eigenvalue weighted by atomic mass is 9.71. The number of hydrogen-bond acceptors (Lipinski definition) is 2. The van der Waals surface area contributed by atoms with E-state index in [2.05, 4.69) is 19.6 Å². The van der Waals surface area contributed by atoms with E-state index < -0.39 is 0 Å². The van der Waals surface area contributed by atoms with Crippen LogP contribution in [-0.4, -0.2) is 18.5 Å². The van der Waals surface area contributed by atoms with Crippen molar-refractivity contribution in [2.45, 2.75) is 64.4 Å². The van der Waals surface area contributed by atoms with Crippen molar-refractivity contribution in [1.82, 2.24) is 0 Å². The lowest BCUT2D eigenvalue weighted by Gasteiger charge is -2.42. The van der Waals surface area contributed by atoms with Crippen molar-refractivity contribution in [3.8, 4) is 0 Å². The molecule has 2 atom stereocenters. The van der Waals surface area contributed by atoms with Crippen LogP contribution in [0.5, 0.6) is 0 Å². The zero-order valence-corrected chi connectivity index (χ0v) is 11.5. The molecule has 0 aromatic carbocycles. The SMILES string of the molecule is CCC1CCCC(OCC2(CS)CCC2)C1. The maximum atomic E-state index is 6.16. The molecule has 0 bridgehead atoms. The van der Waals surface area contributed by atoms with Crippen molar-refractivity contribution in [1.29, 1.82) is 0 Å². The molecule has 0 aromatic heterocycles. The van der Waals surface area contributed by atoms with Gasteiger partial charge in [0.05, 0.1) is 12.7 Å². The molecule has 2 heteroatoms. The van der Waals surface area contributed by atoms with Gasteiger partial charge < -0.3 is 4.74 Å². The van der Waals surface area contributed by atoms with Gasteiger partial charge >= 0.3 is 0 Å². The van der Waals surface area contributed by atoms with Gasteiger partial charge in [-0.05, 0) is 37.4 Å². The Morgan fingerprint density at radius 1 is 1.25 bits per heavy atom. The van der Waals surface area contributed by atoms with Crippen molar-refractivity contribution in [3.05, 3.63) is 0 Å². The van der Waals surface area contributed by atoms with Crippen molar-refractivity contribution < 1.29 is 4.74 Å². The third-order valence-corrected chi connectivity index (χ3v) is 5.36. The number of ether oxygens (including phenoxy) is 1. The van der Waals surface area contributed by atoms with Crippen molar-refractivity contribution in [2.24, 2.45) is 11.3 Å². The third kappa shape index (κ3) is 2.95. The first kappa shape index (κ1) is 12.8. The van der Waals surface area contributed by atoms with E-state index in [1.807, 2.05) is 0 Å². The predicted molar refractivity (Wildman–Crippen MR) is 72.1 cm³/mol. The Hall–Kier alpha value is 0.310. The molecule has 2 unspecified atom stereocenters. The second-order valence-electron chi connectivity index (χ2n) is 5.89. The highest BCUT2D eigenvalue weighted by molar-refractivity contribution is 7.80. The molecule has 94 valence electrons. The average Bonchev–Trinajstić information content (AvgIpc) is 2.29. The summed E-state index contributed by atoms with van der Waals surface area (Å²) in [5, 5.41) is 0. The predicted octanol–water partition coefficient (Wildman–Crippen LogP) is 4.07. The average molecular weight is 242 g/mol. The fourth-order valence-corrected chi connectivity index (χ4v) is 3.49. The van der Waals surface area contributed by atoms with Crippen LogP contribution in [0.1, 0.15) is 58.3 Å². The first-order valence-electron chi connectivity index (χ1n) is 7.00. The van der Waals surface area contributed by atoms with Crippen LogP contribution in [0.3, 0.4) is 0 Å². The topological polar surface area (TPSA) is 9.23 Å². The molecule has 0 saturated heterocycles. The van der Waals surface area contributed by atoms with Crippen molar-refractivity contribution >= 4 is 12.6 Å². The number of thiol groups is 1. The third-order valence-electron chi connectivity index (χ3n) is 4.69. The minimum absolute atomic E-state index is 0.447. The molecular weight excluding hydrogens is 216 g/mol. The van der Waals surface area contributed by atoms with Gasteiger partial charge in [0.15, 0.2) is 0 Å². The number of rotatable bonds is 5. The molecular formula is C14H26OS. The largest absolute Gasteiger partial charge is 0.378 e. The van der Waals surface area contributed by atoms with Gasteiger partial charge in [0.25, 0.3) is 0 Å². The lowest BCUT2D eigenvalue weighted by Crippen LogP contribution is -2.38. The van der Waals surface area contributed by atoms with E-state index in [4.69, 9.17) is 4.74 Å². The molecule has 0 radical (unpaired) electrons. The van der Waals surface area contributed by atoms with Gasteiger partial charge in [-0.2, -0.15) is 12.6 Å². The molecule has 0 aliphatic heterocycles. The van der Waals surface area contributed by atoms with E-state index in [-0.39, 0.29) is 0 Å². The highest BCUT2D eigenvalue weighted by Gasteiger charge is 2.36. The summed E-state index contributed by atoms with van der Waals surface area (Å²) in [6, 6.07) is 0. The lowest BCUT2D eigenvalue weighted by molar-refractivity contribution is -0.0529. The molecule has 2 rings (SSSR count). The van der Waals surface area contributed by atoms with E-state index in [1.165, 1.54) is 51.4 Å². The smallest absolute Gasteiger partial charge is 0.0578 e. The summed E-state index contributed by atoms with van der Waals surface area (Å²) < 4.78 is 6.16. The Kier molecular flexibility index (Phi) is 4.60. The Morgan fingerprint density at radius 3 is 2.62 bits per heavy atom. The van der Waals surface area contributed by atoms with E-state index in [1.54, 1.807) is 0 Å². The molecule has 0 amide bonds. The number of hydrogen-bond donors (Lipinski definition) is 1. The van der Waals surface area contributed by atoms with Gasteiger partial charge in [-0.25, -0.2) is 0 Å². The molecule has 2 aliphatic carbocycles. The fraction of sp³-hybridized carbons (Fsp3) is 1.00. The Labute approximate surface area is 106 Å². The molecule has 0 heterocycles. The van der Waals surface area contributed by atoms with Crippen LogP contribution in [-0.2, 0) is 4.74 Å². The van der Waals surface area contributed by atoms with Gasteiger partial charge in [-0.3, -0.25) is 0 Å². The Balaban J connectivity index is 1.72. The van der Waals surface area contributed by atoms with Crippen LogP contribution in [0.15, 0.2) is 0 Å². The minimum atomic E-state index is 0.447. The Bertz CT molecular complexity index is 207. The standard InChI is InChI=1S/C14H26OS/c1-2-12-5-3-6-13(9-12)15-10-14(11-16)7-4-8-14/h12-13,16H,2-11H2,1H3. The van der Waals surface area contributed by atoms with Gasteiger partial charge in [0.1, 0.15) is 0 Å². The highest BCUT2D eigenvalue weighted by Crippen LogP contribution is 2.42. The van der Waals surface area contributed by atoms with Crippen LogP contribution in [0, 0.1) is 11.3 Å². The maximum absolute atomic E-state index is 6.16. The summed E-state index contributed by atoms with van der Waals surface area (Å²) >= 11 is 4.49. The molecule has 16 heavy (non-hydrogen) atoms. The summed E-state index contributed by atoms with van der Waals surface area (Å²) in [4.78, 5) is 0. The highest BCUT2D eigenvalue weighted by atomic mass is 32.1. The molecule has 0 N–H and O–H groups in total. The summed E-state index contributed by atoms with van der Waals surface area (Å²) in [5.74, 6) is 1.93. The first-order valence-corrected chi connectivity index (χ1v) is 7.64. The monoisotopic (exact) mass is 242 g/mol. The van der Waals surface area contributed by atoms with Crippen LogP contribution in [0.2, 0.25) is 0 Å².